The SMILES string of the molecule is CC/C=C(/c1ncc(CO)cc1C)N(/C=C(\C)C(F)(F)F)C1CC1. The topological polar surface area (TPSA) is 36.4 Å². The number of pyridine rings is 1. The summed E-state index contributed by atoms with van der Waals surface area (Å²) in [6.07, 6.45) is 2.77. The minimum absolute atomic E-state index is 0.0822. The van der Waals surface area contributed by atoms with Gasteiger partial charge in [-0.05, 0) is 44.2 Å². The Bertz CT molecular complexity index is 646. The Morgan fingerprint density at radius 3 is 2.54 bits per heavy atom. The molecule has 0 bridgehead atoms. The predicted molar refractivity (Wildman–Crippen MR) is 87.8 cm³/mol. The van der Waals surface area contributed by atoms with E-state index in [1.54, 1.807) is 11.1 Å². The van der Waals surface area contributed by atoms with Crippen LogP contribution < -0.4 is 0 Å². The van der Waals surface area contributed by atoms with Crippen molar-refractivity contribution in [2.24, 2.45) is 0 Å². The Morgan fingerprint density at radius 1 is 1.42 bits per heavy atom. The predicted octanol–water partition coefficient (Wildman–Crippen LogP) is 4.56. The first-order valence-electron chi connectivity index (χ1n) is 8.08. The number of alkyl halides is 3. The second kappa shape index (κ2) is 7.38. The highest BCUT2D eigenvalue weighted by Crippen LogP contribution is 2.37. The van der Waals surface area contributed by atoms with Crippen LogP contribution in [-0.2, 0) is 6.61 Å². The minimum atomic E-state index is -4.34. The van der Waals surface area contributed by atoms with Crippen molar-refractivity contribution in [2.75, 3.05) is 0 Å². The van der Waals surface area contributed by atoms with Crippen LogP contribution in [0.15, 0.2) is 30.1 Å². The van der Waals surface area contributed by atoms with Crippen LogP contribution in [0.4, 0.5) is 13.2 Å². The first kappa shape index (κ1) is 18.5. The molecular formula is C18H23F3N2O. The Kier molecular flexibility index (Phi) is 5.70. The molecule has 0 spiro atoms. The lowest BCUT2D eigenvalue weighted by molar-refractivity contribution is -0.0922. The van der Waals surface area contributed by atoms with Gasteiger partial charge < -0.3 is 10.0 Å². The van der Waals surface area contributed by atoms with Gasteiger partial charge in [-0.15, -0.1) is 0 Å². The summed E-state index contributed by atoms with van der Waals surface area (Å²) in [4.78, 5) is 6.10. The summed E-state index contributed by atoms with van der Waals surface area (Å²) in [6.45, 7) is 4.79. The number of aryl methyl sites for hydroxylation is 1. The average Bonchev–Trinajstić information content (AvgIpc) is 3.34. The van der Waals surface area contributed by atoms with Crippen LogP contribution in [0.25, 0.3) is 5.70 Å². The molecule has 0 amide bonds. The quantitative estimate of drug-likeness (QED) is 0.824. The van der Waals surface area contributed by atoms with Crippen LogP contribution in [0, 0.1) is 6.92 Å². The van der Waals surface area contributed by atoms with Gasteiger partial charge in [-0.25, -0.2) is 0 Å². The highest BCUT2D eigenvalue weighted by Gasteiger charge is 2.35. The Balaban J connectivity index is 2.46. The maximum absolute atomic E-state index is 13.0. The van der Waals surface area contributed by atoms with Crippen molar-refractivity contribution in [1.82, 2.24) is 9.88 Å². The minimum Gasteiger partial charge on any atom is -0.392 e. The molecule has 0 aliphatic heterocycles. The van der Waals surface area contributed by atoms with E-state index in [2.05, 4.69) is 4.98 Å². The number of nitrogens with zero attached hydrogens (tertiary/aromatic N) is 2. The highest BCUT2D eigenvalue weighted by atomic mass is 19.4. The molecule has 1 aliphatic rings. The fourth-order valence-corrected chi connectivity index (χ4v) is 2.51. The molecule has 1 fully saturated rings. The van der Waals surface area contributed by atoms with Crippen molar-refractivity contribution in [2.45, 2.75) is 58.9 Å². The number of hydrogen-bond donors (Lipinski definition) is 1. The largest absolute Gasteiger partial charge is 0.413 e. The fourth-order valence-electron chi connectivity index (χ4n) is 2.51. The molecule has 0 saturated heterocycles. The molecule has 3 nitrogen and oxygen atoms in total. The molecule has 2 rings (SSSR count). The van der Waals surface area contributed by atoms with E-state index in [1.165, 1.54) is 6.20 Å². The Morgan fingerprint density at radius 2 is 2.08 bits per heavy atom. The van der Waals surface area contributed by atoms with Crippen molar-refractivity contribution in [1.29, 1.82) is 0 Å². The van der Waals surface area contributed by atoms with E-state index >= 15 is 0 Å². The van der Waals surface area contributed by atoms with E-state index in [-0.39, 0.29) is 12.6 Å². The molecule has 6 heteroatoms. The number of aliphatic hydroxyl groups is 1. The molecule has 1 aromatic heterocycles. The molecular weight excluding hydrogens is 317 g/mol. The monoisotopic (exact) mass is 340 g/mol. The average molecular weight is 340 g/mol. The van der Waals surface area contributed by atoms with Gasteiger partial charge in [0.15, 0.2) is 0 Å². The summed E-state index contributed by atoms with van der Waals surface area (Å²) in [7, 11) is 0. The zero-order valence-corrected chi connectivity index (χ0v) is 14.2. The smallest absolute Gasteiger partial charge is 0.392 e. The van der Waals surface area contributed by atoms with Crippen LogP contribution in [0.2, 0.25) is 0 Å². The van der Waals surface area contributed by atoms with Gasteiger partial charge >= 0.3 is 6.18 Å². The molecule has 0 radical (unpaired) electrons. The molecule has 0 unspecified atom stereocenters. The summed E-state index contributed by atoms with van der Waals surface area (Å²) >= 11 is 0. The number of hydrogen-bond acceptors (Lipinski definition) is 3. The summed E-state index contributed by atoms with van der Waals surface area (Å²) in [5.74, 6) is 0. The molecule has 1 aliphatic carbocycles. The third-order valence-corrected chi connectivity index (χ3v) is 3.96. The van der Waals surface area contributed by atoms with Gasteiger partial charge in [0.1, 0.15) is 0 Å². The van der Waals surface area contributed by atoms with Gasteiger partial charge in [-0.2, -0.15) is 13.2 Å². The van der Waals surface area contributed by atoms with Crippen molar-refractivity contribution in [3.8, 4) is 0 Å². The second-order valence-corrected chi connectivity index (χ2v) is 6.11. The van der Waals surface area contributed by atoms with E-state index in [0.29, 0.717) is 23.4 Å². The summed E-state index contributed by atoms with van der Waals surface area (Å²) in [5, 5.41) is 9.21. The van der Waals surface area contributed by atoms with E-state index < -0.39 is 11.7 Å². The molecule has 1 saturated carbocycles. The van der Waals surface area contributed by atoms with E-state index in [0.717, 1.165) is 25.3 Å². The Hall–Kier alpha value is -1.82. The highest BCUT2D eigenvalue weighted by molar-refractivity contribution is 5.65. The summed E-state index contributed by atoms with van der Waals surface area (Å²) in [5.41, 5.74) is 2.26. The van der Waals surface area contributed by atoms with Gasteiger partial charge in [0.2, 0.25) is 0 Å². The van der Waals surface area contributed by atoms with Gasteiger partial charge in [-0.1, -0.05) is 19.1 Å². The molecule has 24 heavy (non-hydrogen) atoms. The summed E-state index contributed by atoms with van der Waals surface area (Å²) < 4.78 is 38.9. The van der Waals surface area contributed by atoms with Gasteiger partial charge in [0.05, 0.1) is 18.0 Å². The van der Waals surface area contributed by atoms with Crippen molar-refractivity contribution < 1.29 is 18.3 Å². The second-order valence-electron chi connectivity index (χ2n) is 6.11. The van der Waals surface area contributed by atoms with Crippen LogP contribution in [0.1, 0.15) is 49.9 Å². The number of rotatable bonds is 6. The first-order chi connectivity index (χ1) is 11.3. The number of aromatic nitrogens is 1. The van der Waals surface area contributed by atoms with Crippen molar-refractivity contribution in [3.05, 3.63) is 46.9 Å². The number of aliphatic hydroxyl groups excluding tert-OH is 1. The third kappa shape index (κ3) is 4.38. The van der Waals surface area contributed by atoms with Gasteiger partial charge in [0, 0.05) is 24.0 Å². The molecule has 1 N–H and O–H groups in total. The maximum Gasteiger partial charge on any atom is 0.413 e. The lowest BCUT2D eigenvalue weighted by Gasteiger charge is -2.26. The molecule has 1 heterocycles. The zero-order valence-electron chi connectivity index (χ0n) is 14.2. The van der Waals surface area contributed by atoms with Crippen molar-refractivity contribution >= 4 is 5.70 Å². The third-order valence-electron chi connectivity index (χ3n) is 3.96. The van der Waals surface area contributed by atoms with E-state index in [9.17, 15) is 18.3 Å². The zero-order chi connectivity index (χ0) is 17.9. The maximum atomic E-state index is 13.0. The fraction of sp³-hybridized carbons (Fsp3) is 0.500. The Labute approximate surface area is 140 Å². The molecule has 0 aromatic carbocycles. The van der Waals surface area contributed by atoms with E-state index in [1.807, 2.05) is 26.0 Å². The van der Waals surface area contributed by atoms with Crippen LogP contribution in [-0.4, -0.2) is 27.2 Å². The number of halogens is 3. The molecule has 1 aromatic rings. The number of allylic oxidation sites excluding steroid dienone is 2. The standard InChI is InChI=1S/C18H23F3N2O/c1-4-5-16(17-12(2)8-14(11-24)9-22-17)23(15-6-7-15)10-13(3)18(19,20)21/h5,8-10,15,24H,4,6-7,11H2,1-3H3/b13-10+,16-5-. The lowest BCUT2D eigenvalue weighted by atomic mass is 10.1. The van der Waals surface area contributed by atoms with Crippen LogP contribution >= 0.6 is 0 Å². The molecule has 132 valence electrons. The first-order valence-corrected chi connectivity index (χ1v) is 8.08. The lowest BCUT2D eigenvalue weighted by Crippen LogP contribution is -2.23. The van der Waals surface area contributed by atoms with E-state index in [4.69, 9.17) is 0 Å². The van der Waals surface area contributed by atoms with Gasteiger partial charge in [-0.3, -0.25) is 4.98 Å². The van der Waals surface area contributed by atoms with Crippen molar-refractivity contribution in [3.63, 3.8) is 0 Å². The van der Waals surface area contributed by atoms with Crippen LogP contribution in [0.3, 0.4) is 0 Å². The normalized spacial score (nSPS) is 16.5. The van der Waals surface area contributed by atoms with Crippen LogP contribution in [0.5, 0.6) is 0 Å². The van der Waals surface area contributed by atoms with Gasteiger partial charge in [0.25, 0.3) is 0 Å². The molecule has 0 atom stereocenters. The summed E-state index contributed by atoms with van der Waals surface area (Å²) in [6, 6.07) is 1.90.